The van der Waals surface area contributed by atoms with Gasteiger partial charge in [0, 0.05) is 30.9 Å². The van der Waals surface area contributed by atoms with Gasteiger partial charge in [-0.25, -0.2) is 0 Å². The fraction of sp³-hybridized carbons (Fsp3) is 0.500. The maximum atomic E-state index is 12.6. The molecule has 1 aromatic carbocycles. The van der Waals surface area contributed by atoms with Gasteiger partial charge >= 0.3 is 6.18 Å². The summed E-state index contributed by atoms with van der Waals surface area (Å²) in [6.07, 6.45) is 2.40. The van der Waals surface area contributed by atoms with Crippen molar-refractivity contribution in [3.63, 3.8) is 0 Å². The predicted octanol–water partition coefficient (Wildman–Crippen LogP) is 3.54. The number of aryl methyl sites for hydroxylation is 1. The van der Waals surface area contributed by atoms with E-state index in [9.17, 15) is 27.9 Å². The van der Waals surface area contributed by atoms with Crippen LogP contribution in [0.5, 0.6) is 0 Å². The first kappa shape index (κ1) is 27.6. The number of nitrogens with zero attached hydrogens (tertiary/aromatic N) is 2. The summed E-state index contributed by atoms with van der Waals surface area (Å²) in [5.74, 6) is -0.901. The summed E-state index contributed by atoms with van der Waals surface area (Å²) >= 11 is 0. The van der Waals surface area contributed by atoms with Gasteiger partial charge in [-0.15, -0.1) is 0 Å². The molecular weight excluding hydrogens is 473 g/mol. The van der Waals surface area contributed by atoms with Gasteiger partial charge in [0.1, 0.15) is 5.60 Å². The minimum Gasteiger partial charge on any atom is -0.384 e. The van der Waals surface area contributed by atoms with Crippen molar-refractivity contribution in [3.05, 3.63) is 65.0 Å². The lowest BCUT2D eigenvalue weighted by atomic mass is 9.80. The predicted molar refractivity (Wildman–Crippen MR) is 129 cm³/mol. The number of halogens is 3. The number of pyridine rings is 1. The van der Waals surface area contributed by atoms with Gasteiger partial charge in [-0.05, 0) is 75.3 Å². The zero-order valence-electron chi connectivity index (χ0n) is 20.4. The molecule has 2 aromatic rings. The fourth-order valence-corrected chi connectivity index (χ4v) is 4.29. The van der Waals surface area contributed by atoms with E-state index >= 15 is 0 Å². The molecule has 1 saturated heterocycles. The molecule has 2 heterocycles. The summed E-state index contributed by atoms with van der Waals surface area (Å²) in [6.45, 7) is 3.13. The van der Waals surface area contributed by atoms with Gasteiger partial charge in [0.05, 0.1) is 17.8 Å². The number of rotatable bonds is 4. The summed E-state index contributed by atoms with van der Waals surface area (Å²) in [4.78, 5) is 29.5. The molecule has 196 valence electrons. The number of aromatic nitrogens is 1. The fourth-order valence-electron chi connectivity index (χ4n) is 4.29. The van der Waals surface area contributed by atoms with Gasteiger partial charge in [-0.3, -0.25) is 14.6 Å². The van der Waals surface area contributed by atoms with E-state index < -0.39 is 23.2 Å². The van der Waals surface area contributed by atoms with Crippen molar-refractivity contribution in [3.8, 4) is 0 Å². The van der Waals surface area contributed by atoms with Crippen LogP contribution < -0.4 is 11.1 Å². The van der Waals surface area contributed by atoms with E-state index in [-0.39, 0.29) is 24.1 Å². The second-order valence-electron chi connectivity index (χ2n) is 9.44. The molecule has 0 spiro atoms. The van der Waals surface area contributed by atoms with Crippen LogP contribution in [-0.4, -0.2) is 52.5 Å². The summed E-state index contributed by atoms with van der Waals surface area (Å²) in [6, 6.07) is 8.28. The highest BCUT2D eigenvalue weighted by Crippen LogP contribution is 2.35. The minimum absolute atomic E-state index is 0.112. The van der Waals surface area contributed by atoms with E-state index in [1.54, 1.807) is 4.90 Å². The second-order valence-corrected chi connectivity index (χ2v) is 9.44. The Hall–Kier alpha value is -2.98. The number of hydrogen-bond donors (Lipinski definition) is 3. The Kier molecular flexibility index (Phi) is 9.08. The number of amides is 2. The summed E-state index contributed by atoms with van der Waals surface area (Å²) < 4.78 is 37.7. The zero-order chi connectivity index (χ0) is 26.3. The molecule has 1 aliphatic heterocycles. The molecule has 1 saturated carbocycles. The Morgan fingerprint density at radius 3 is 2.42 bits per heavy atom. The molecule has 2 amide bonds. The van der Waals surface area contributed by atoms with Gasteiger partial charge in [0.25, 0.3) is 5.91 Å². The van der Waals surface area contributed by atoms with Gasteiger partial charge in [-0.2, -0.15) is 13.2 Å². The van der Waals surface area contributed by atoms with E-state index in [1.165, 1.54) is 12.1 Å². The van der Waals surface area contributed by atoms with E-state index in [4.69, 9.17) is 5.73 Å². The number of likely N-dealkylation sites (tertiary alicyclic amines) is 1. The van der Waals surface area contributed by atoms with Crippen LogP contribution in [0.2, 0.25) is 0 Å². The lowest BCUT2D eigenvalue weighted by Crippen LogP contribution is -2.38. The lowest BCUT2D eigenvalue weighted by Gasteiger charge is -2.34. The van der Waals surface area contributed by atoms with Gasteiger partial charge < -0.3 is 21.1 Å². The number of nitrogens with one attached hydrogen (secondary N) is 1. The quantitative estimate of drug-likeness (QED) is 0.588. The SMILES string of the molecule is Cc1ccc(C2(O)CCC(N)CC2)nc1.O=C(NCC(=O)N1CCCC1)c1cccc(C(F)(F)F)c1. The van der Waals surface area contributed by atoms with E-state index in [0.29, 0.717) is 13.1 Å². The highest BCUT2D eigenvalue weighted by Gasteiger charge is 2.34. The number of aliphatic hydroxyl groups is 1. The van der Waals surface area contributed by atoms with Crippen LogP contribution in [0.4, 0.5) is 13.2 Å². The third-order valence-corrected chi connectivity index (χ3v) is 6.56. The number of benzene rings is 1. The van der Waals surface area contributed by atoms with Crippen LogP contribution in [0.15, 0.2) is 42.6 Å². The maximum Gasteiger partial charge on any atom is 0.416 e. The molecule has 0 atom stereocenters. The Labute approximate surface area is 208 Å². The standard InChI is InChI=1S/C14H15F3N2O2.C12H18N2O/c15-14(16,17)11-5-3-4-10(8-11)13(21)18-9-12(20)19-6-1-2-7-19;1-9-2-3-11(14-8-9)12(15)6-4-10(13)5-7-12/h3-5,8H,1-2,6-7,9H2,(H,18,21);2-3,8,10,15H,4-7,13H2,1H3. The molecule has 2 fully saturated rings. The number of alkyl halides is 3. The van der Waals surface area contributed by atoms with Crippen LogP contribution in [0.25, 0.3) is 0 Å². The van der Waals surface area contributed by atoms with Gasteiger partial charge in [-0.1, -0.05) is 12.1 Å². The number of hydrogen-bond acceptors (Lipinski definition) is 5. The van der Waals surface area contributed by atoms with E-state index in [1.807, 2.05) is 25.3 Å². The molecule has 4 rings (SSSR count). The number of carbonyl (C=O) groups excluding carboxylic acids is 2. The first-order valence-corrected chi connectivity index (χ1v) is 12.1. The van der Waals surface area contributed by atoms with E-state index in [2.05, 4.69) is 10.3 Å². The van der Waals surface area contributed by atoms with Gasteiger partial charge in [0.15, 0.2) is 0 Å². The molecule has 36 heavy (non-hydrogen) atoms. The van der Waals surface area contributed by atoms with Crippen LogP contribution in [-0.2, 0) is 16.6 Å². The van der Waals surface area contributed by atoms with Crippen molar-refractivity contribution in [1.82, 2.24) is 15.2 Å². The summed E-state index contributed by atoms with van der Waals surface area (Å²) in [7, 11) is 0. The first-order valence-electron chi connectivity index (χ1n) is 12.1. The van der Waals surface area contributed by atoms with Crippen molar-refractivity contribution in [2.75, 3.05) is 19.6 Å². The zero-order valence-corrected chi connectivity index (χ0v) is 20.4. The molecule has 2 aliphatic rings. The normalized spacial score (nSPS) is 21.9. The third kappa shape index (κ3) is 7.51. The maximum absolute atomic E-state index is 12.6. The molecule has 7 nitrogen and oxygen atoms in total. The monoisotopic (exact) mass is 506 g/mol. The third-order valence-electron chi connectivity index (χ3n) is 6.56. The second kappa shape index (κ2) is 11.8. The van der Waals surface area contributed by atoms with Crippen molar-refractivity contribution in [2.24, 2.45) is 5.73 Å². The largest absolute Gasteiger partial charge is 0.416 e. The van der Waals surface area contributed by atoms with Crippen molar-refractivity contribution >= 4 is 11.8 Å². The van der Waals surface area contributed by atoms with Crippen molar-refractivity contribution in [1.29, 1.82) is 0 Å². The Morgan fingerprint density at radius 1 is 1.17 bits per heavy atom. The summed E-state index contributed by atoms with van der Waals surface area (Å²) in [5, 5.41) is 12.8. The average Bonchev–Trinajstić information content (AvgIpc) is 3.40. The summed E-state index contributed by atoms with van der Waals surface area (Å²) in [5.41, 5.74) is 5.99. The molecule has 4 N–H and O–H groups in total. The molecule has 1 aliphatic carbocycles. The first-order chi connectivity index (χ1) is 17.0. The molecular formula is C26H33F3N4O3. The highest BCUT2D eigenvalue weighted by atomic mass is 19.4. The van der Waals surface area contributed by atoms with Gasteiger partial charge in [0.2, 0.25) is 5.91 Å². The van der Waals surface area contributed by atoms with Crippen LogP contribution in [0.3, 0.4) is 0 Å². The molecule has 1 aromatic heterocycles. The molecule has 0 radical (unpaired) electrons. The smallest absolute Gasteiger partial charge is 0.384 e. The topological polar surface area (TPSA) is 109 Å². The minimum atomic E-state index is -4.50. The van der Waals surface area contributed by atoms with Crippen molar-refractivity contribution < 1.29 is 27.9 Å². The Bertz CT molecular complexity index is 1030. The Balaban J connectivity index is 0.000000212. The molecule has 10 heteroatoms. The Morgan fingerprint density at radius 2 is 1.83 bits per heavy atom. The average molecular weight is 507 g/mol. The highest BCUT2D eigenvalue weighted by molar-refractivity contribution is 5.96. The van der Waals surface area contributed by atoms with E-state index in [0.717, 1.165) is 61.9 Å². The number of carbonyl (C=O) groups is 2. The molecule has 0 unspecified atom stereocenters. The lowest BCUT2D eigenvalue weighted by molar-refractivity contribution is -0.137. The van der Waals surface area contributed by atoms with Crippen molar-refractivity contribution in [2.45, 2.75) is 63.3 Å². The van der Waals surface area contributed by atoms with Crippen LogP contribution >= 0.6 is 0 Å². The molecule has 0 bridgehead atoms. The van der Waals surface area contributed by atoms with Crippen LogP contribution in [0, 0.1) is 6.92 Å². The van der Waals surface area contributed by atoms with Crippen LogP contribution in [0.1, 0.15) is 65.7 Å². The number of nitrogens with two attached hydrogens (primary N) is 1.